The fraction of sp³-hybridized carbons (Fsp3) is 0. The molecule has 0 saturated carbocycles. The molecule has 0 bridgehead atoms. The monoisotopic (exact) mass is 211 g/mol. The van der Waals surface area contributed by atoms with E-state index >= 15 is 0 Å². The lowest BCUT2D eigenvalue weighted by molar-refractivity contribution is 0.855. The summed E-state index contributed by atoms with van der Waals surface area (Å²) in [5.74, 6) is 1.21. The molecule has 0 fully saturated rings. The molecule has 5 heteroatoms. The molecule has 2 heterocycles. The minimum absolute atomic E-state index is 0.475. The summed E-state index contributed by atoms with van der Waals surface area (Å²) in [6, 6.07) is 9.52. The summed E-state index contributed by atoms with van der Waals surface area (Å²) in [7, 11) is 0. The first-order valence-corrected chi connectivity index (χ1v) is 4.86. The molecule has 16 heavy (non-hydrogen) atoms. The van der Waals surface area contributed by atoms with Crippen LogP contribution in [0.4, 0.5) is 5.82 Å². The van der Waals surface area contributed by atoms with Gasteiger partial charge in [0.2, 0.25) is 0 Å². The van der Waals surface area contributed by atoms with E-state index in [2.05, 4.69) is 15.1 Å². The molecule has 78 valence electrons. The highest BCUT2D eigenvalue weighted by molar-refractivity contribution is 5.84. The van der Waals surface area contributed by atoms with E-state index in [1.54, 1.807) is 16.9 Å². The molecule has 0 aliphatic carbocycles. The summed E-state index contributed by atoms with van der Waals surface area (Å²) < 4.78 is 1.65. The van der Waals surface area contributed by atoms with Crippen molar-refractivity contribution < 1.29 is 0 Å². The number of anilines is 1. The Bertz CT molecular complexity index is 638. The summed E-state index contributed by atoms with van der Waals surface area (Å²) in [5.41, 5.74) is 6.48. The average Bonchev–Trinajstić information content (AvgIpc) is 2.75. The van der Waals surface area contributed by atoms with Gasteiger partial charge >= 0.3 is 0 Å². The zero-order valence-electron chi connectivity index (χ0n) is 8.41. The van der Waals surface area contributed by atoms with Crippen LogP contribution in [0.2, 0.25) is 0 Å². The SMILES string of the molecule is Nc1ccn(-c2ncnc3ccccc23)n1. The van der Waals surface area contributed by atoms with Crippen molar-refractivity contribution in [3.63, 3.8) is 0 Å². The third kappa shape index (κ3) is 1.30. The van der Waals surface area contributed by atoms with Crippen molar-refractivity contribution in [2.45, 2.75) is 0 Å². The van der Waals surface area contributed by atoms with E-state index < -0.39 is 0 Å². The molecule has 1 aromatic carbocycles. The number of benzene rings is 1. The van der Waals surface area contributed by atoms with Crippen molar-refractivity contribution in [1.29, 1.82) is 0 Å². The van der Waals surface area contributed by atoms with Gasteiger partial charge in [-0.05, 0) is 12.1 Å². The number of nitrogen functional groups attached to an aromatic ring is 1. The molecule has 0 spiro atoms. The zero-order chi connectivity index (χ0) is 11.0. The summed E-state index contributed by atoms with van der Waals surface area (Å²) in [6.07, 6.45) is 3.31. The summed E-state index contributed by atoms with van der Waals surface area (Å²) >= 11 is 0. The van der Waals surface area contributed by atoms with Crippen LogP contribution in [0.3, 0.4) is 0 Å². The minimum atomic E-state index is 0.475. The molecule has 2 N–H and O–H groups in total. The van der Waals surface area contributed by atoms with Gasteiger partial charge in [-0.25, -0.2) is 14.6 Å². The van der Waals surface area contributed by atoms with Crippen LogP contribution in [-0.4, -0.2) is 19.7 Å². The smallest absolute Gasteiger partial charge is 0.164 e. The van der Waals surface area contributed by atoms with Crippen LogP contribution >= 0.6 is 0 Å². The number of nitrogens with two attached hydrogens (primary N) is 1. The van der Waals surface area contributed by atoms with Crippen molar-refractivity contribution in [3.8, 4) is 5.82 Å². The van der Waals surface area contributed by atoms with Gasteiger partial charge in [0.1, 0.15) is 12.1 Å². The van der Waals surface area contributed by atoms with Gasteiger partial charge in [0.15, 0.2) is 5.82 Å². The Labute approximate surface area is 91.6 Å². The molecular formula is C11H9N5. The van der Waals surface area contributed by atoms with Gasteiger partial charge in [-0.15, -0.1) is 5.10 Å². The van der Waals surface area contributed by atoms with E-state index in [0.29, 0.717) is 5.82 Å². The normalized spacial score (nSPS) is 10.8. The predicted octanol–water partition coefficient (Wildman–Crippen LogP) is 1.40. The molecule has 3 aromatic rings. The second-order valence-electron chi connectivity index (χ2n) is 3.40. The van der Waals surface area contributed by atoms with Crippen molar-refractivity contribution in [3.05, 3.63) is 42.9 Å². The third-order valence-corrected chi connectivity index (χ3v) is 2.35. The van der Waals surface area contributed by atoms with E-state index in [1.807, 2.05) is 24.3 Å². The fourth-order valence-corrected chi connectivity index (χ4v) is 1.63. The van der Waals surface area contributed by atoms with Gasteiger partial charge in [0.05, 0.1) is 5.52 Å². The molecule has 3 rings (SSSR count). The Balaban J connectivity index is 2.31. The van der Waals surface area contributed by atoms with Crippen LogP contribution in [0.5, 0.6) is 0 Å². The summed E-state index contributed by atoms with van der Waals surface area (Å²) in [4.78, 5) is 8.41. The van der Waals surface area contributed by atoms with Crippen LogP contribution in [0.15, 0.2) is 42.9 Å². The Morgan fingerprint density at radius 3 is 2.75 bits per heavy atom. The van der Waals surface area contributed by atoms with Gasteiger partial charge < -0.3 is 5.73 Å². The number of rotatable bonds is 1. The highest BCUT2D eigenvalue weighted by atomic mass is 15.3. The molecule has 0 unspecified atom stereocenters. The number of hydrogen-bond donors (Lipinski definition) is 1. The van der Waals surface area contributed by atoms with Crippen LogP contribution in [0.25, 0.3) is 16.7 Å². The number of aromatic nitrogens is 4. The van der Waals surface area contributed by atoms with Crippen molar-refractivity contribution in [2.24, 2.45) is 0 Å². The van der Waals surface area contributed by atoms with Crippen LogP contribution in [0, 0.1) is 0 Å². The van der Waals surface area contributed by atoms with Crippen molar-refractivity contribution >= 4 is 16.7 Å². The van der Waals surface area contributed by atoms with Gasteiger partial charge in [-0.2, -0.15) is 0 Å². The van der Waals surface area contributed by atoms with Crippen LogP contribution in [0.1, 0.15) is 0 Å². The van der Waals surface area contributed by atoms with Gasteiger partial charge in [-0.1, -0.05) is 12.1 Å². The molecule has 0 aliphatic rings. The molecular weight excluding hydrogens is 202 g/mol. The zero-order valence-corrected chi connectivity index (χ0v) is 8.41. The highest BCUT2D eigenvalue weighted by Gasteiger charge is 2.05. The van der Waals surface area contributed by atoms with E-state index in [-0.39, 0.29) is 0 Å². The van der Waals surface area contributed by atoms with E-state index in [1.165, 1.54) is 6.33 Å². The van der Waals surface area contributed by atoms with Gasteiger partial charge in [0, 0.05) is 17.6 Å². The second kappa shape index (κ2) is 3.30. The second-order valence-corrected chi connectivity index (χ2v) is 3.40. The van der Waals surface area contributed by atoms with Gasteiger partial charge in [0.25, 0.3) is 0 Å². The molecule has 0 radical (unpaired) electrons. The molecule has 2 aromatic heterocycles. The highest BCUT2D eigenvalue weighted by Crippen LogP contribution is 2.17. The van der Waals surface area contributed by atoms with Gasteiger partial charge in [-0.3, -0.25) is 0 Å². The first-order valence-electron chi connectivity index (χ1n) is 4.86. The molecule has 0 aliphatic heterocycles. The minimum Gasteiger partial charge on any atom is -0.382 e. The largest absolute Gasteiger partial charge is 0.382 e. The maximum atomic E-state index is 5.58. The Morgan fingerprint density at radius 2 is 1.94 bits per heavy atom. The van der Waals surface area contributed by atoms with Crippen molar-refractivity contribution in [2.75, 3.05) is 5.73 Å². The number of hydrogen-bond acceptors (Lipinski definition) is 4. The first kappa shape index (κ1) is 8.84. The lowest BCUT2D eigenvalue weighted by atomic mass is 10.2. The fourth-order valence-electron chi connectivity index (χ4n) is 1.63. The third-order valence-electron chi connectivity index (χ3n) is 2.35. The number of para-hydroxylation sites is 1. The van der Waals surface area contributed by atoms with E-state index in [4.69, 9.17) is 5.73 Å². The van der Waals surface area contributed by atoms with Crippen LogP contribution in [-0.2, 0) is 0 Å². The maximum Gasteiger partial charge on any atom is 0.164 e. The van der Waals surface area contributed by atoms with E-state index in [9.17, 15) is 0 Å². The molecule has 0 atom stereocenters. The maximum absolute atomic E-state index is 5.58. The Morgan fingerprint density at radius 1 is 1.06 bits per heavy atom. The Kier molecular flexibility index (Phi) is 1.83. The lowest BCUT2D eigenvalue weighted by Crippen LogP contribution is -2.00. The molecule has 0 amide bonds. The first-order chi connectivity index (χ1) is 7.84. The van der Waals surface area contributed by atoms with Crippen LogP contribution < -0.4 is 5.73 Å². The summed E-state index contributed by atoms with van der Waals surface area (Å²) in [5, 5.41) is 5.09. The Hall–Kier alpha value is -2.43. The molecule has 5 nitrogen and oxygen atoms in total. The lowest BCUT2D eigenvalue weighted by Gasteiger charge is -2.03. The quantitative estimate of drug-likeness (QED) is 0.660. The summed E-state index contributed by atoms with van der Waals surface area (Å²) in [6.45, 7) is 0. The average molecular weight is 211 g/mol. The topological polar surface area (TPSA) is 69.6 Å². The standard InChI is InChI=1S/C11H9N5/c12-10-5-6-16(15-10)11-8-3-1-2-4-9(8)13-7-14-11/h1-7H,(H2,12,15). The number of fused-ring (bicyclic) bond motifs is 1. The molecule has 0 saturated heterocycles. The van der Waals surface area contributed by atoms with E-state index in [0.717, 1.165) is 16.7 Å². The number of nitrogens with zero attached hydrogens (tertiary/aromatic N) is 4. The van der Waals surface area contributed by atoms with Crippen molar-refractivity contribution in [1.82, 2.24) is 19.7 Å². The predicted molar refractivity (Wildman–Crippen MR) is 61.1 cm³/mol.